The van der Waals surface area contributed by atoms with Crippen LogP contribution in [-0.4, -0.2) is 29.9 Å². The van der Waals surface area contributed by atoms with Gasteiger partial charge in [0.2, 0.25) is 0 Å². The first-order chi connectivity index (χ1) is 6.01. The summed E-state index contributed by atoms with van der Waals surface area (Å²) in [6.07, 6.45) is 2.51. The summed E-state index contributed by atoms with van der Waals surface area (Å²) in [6, 6.07) is 0.650. The Morgan fingerprint density at radius 2 is 1.69 bits per heavy atom. The zero-order valence-electron chi connectivity index (χ0n) is 9.73. The van der Waals surface area contributed by atoms with Crippen LogP contribution in [0, 0.1) is 5.41 Å². The maximum atomic E-state index is 3.64. The number of hydrogen-bond donors (Lipinski definition) is 0. The van der Waals surface area contributed by atoms with Crippen LogP contribution in [0.25, 0.3) is 0 Å². The highest BCUT2D eigenvalue weighted by Crippen LogP contribution is 2.29. The van der Waals surface area contributed by atoms with Gasteiger partial charge in [-0.3, -0.25) is 0 Å². The quantitative estimate of drug-likeness (QED) is 0.652. The summed E-state index contributed by atoms with van der Waals surface area (Å²) < 4.78 is 0. The third-order valence-corrected chi connectivity index (χ3v) is 4.44. The van der Waals surface area contributed by atoms with E-state index >= 15 is 0 Å². The molecule has 0 rings (SSSR count). The normalized spacial score (nSPS) is 12.9. The lowest BCUT2D eigenvalue weighted by Gasteiger charge is -2.36. The fourth-order valence-electron chi connectivity index (χ4n) is 1.42. The van der Waals surface area contributed by atoms with Crippen molar-refractivity contribution in [2.24, 2.45) is 5.41 Å². The lowest BCUT2D eigenvalue weighted by atomic mass is 9.84. The van der Waals surface area contributed by atoms with Crippen molar-refractivity contribution in [1.82, 2.24) is 4.90 Å². The molecule has 0 N–H and O–H groups in total. The molecule has 0 saturated carbocycles. The van der Waals surface area contributed by atoms with E-state index in [0.717, 1.165) is 5.33 Å². The van der Waals surface area contributed by atoms with Crippen LogP contribution in [0.1, 0.15) is 40.5 Å². The van der Waals surface area contributed by atoms with E-state index in [-0.39, 0.29) is 0 Å². The van der Waals surface area contributed by atoms with Crippen molar-refractivity contribution in [1.29, 1.82) is 0 Å². The molecule has 0 spiro atoms. The minimum atomic E-state index is 0.471. The van der Waals surface area contributed by atoms with Gasteiger partial charge in [-0.1, -0.05) is 29.8 Å². The Labute approximate surface area is 92.0 Å². The number of rotatable bonds is 6. The first-order valence-electron chi connectivity index (χ1n) is 5.27. The summed E-state index contributed by atoms with van der Waals surface area (Å²) in [5.41, 5.74) is 0.471. The Balaban J connectivity index is 4.24. The van der Waals surface area contributed by atoms with Crippen molar-refractivity contribution in [2.45, 2.75) is 46.6 Å². The predicted molar refractivity (Wildman–Crippen MR) is 64.6 cm³/mol. The zero-order valence-corrected chi connectivity index (χ0v) is 11.3. The lowest BCUT2D eigenvalue weighted by molar-refractivity contribution is 0.158. The van der Waals surface area contributed by atoms with Gasteiger partial charge in [0.1, 0.15) is 0 Å². The van der Waals surface area contributed by atoms with Crippen molar-refractivity contribution in [3.63, 3.8) is 0 Å². The van der Waals surface area contributed by atoms with Crippen LogP contribution >= 0.6 is 15.9 Å². The maximum absolute atomic E-state index is 3.64. The second-order valence-corrected chi connectivity index (χ2v) is 4.91. The zero-order chi connectivity index (χ0) is 10.5. The van der Waals surface area contributed by atoms with Crippen LogP contribution in [-0.2, 0) is 0 Å². The third kappa shape index (κ3) is 3.99. The summed E-state index contributed by atoms with van der Waals surface area (Å²) >= 11 is 3.64. The average Bonchev–Trinajstić information content (AvgIpc) is 2.14. The molecule has 0 saturated heterocycles. The summed E-state index contributed by atoms with van der Waals surface area (Å²) in [6.45, 7) is 10.3. The molecule has 0 aromatic rings. The molecule has 0 amide bonds. The average molecular weight is 250 g/mol. The van der Waals surface area contributed by atoms with E-state index in [9.17, 15) is 0 Å². The molecule has 0 aliphatic heterocycles. The number of hydrogen-bond acceptors (Lipinski definition) is 1. The van der Waals surface area contributed by atoms with Gasteiger partial charge < -0.3 is 4.90 Å². The summed E-state index contributed by atoms with van der Waals surface area (Å²) in [5, 5.41) is 1.12. The predicted octanol–water partition coefficient (Wildman–Crippen LogP) is 3.53. The molecule has 0 unspecified atom stereocenters. The van der Waals surface area contributed by atoms with Crippen LogP contribution in [0.15, 0.2) is 0 Å². The first kappa shape index (κ1) is 13.4. The van der Waals surface area contributed by atoms with Gasteiger partial charge in [0.15, 0.2) is 0 Å². The smallest absolute Gasteiger partial charge is 0.01000 e. The fourth-order valence-corrected chi connectivity index (χ4v) is 2.39. The standard InChI is InChI=1S/C11H24BrN/c1-6-11(7-2,8-12)9-13(5)10(3)4/h10H,6-9H2,1-5H3. The monoisotopic (exact) mass is 249 g/mol. The van der Waals surface area contributed by atoms with Crippen LogP contribution < -0.4 is 0 Å². The van der Waals surface area contributed by atoms with E-state index in [1.54, 1.807) is 0 Å². The minimum Gasteiger partial charge on any atom is -0.303 e. The molecule has 13 heavy (non-hydrogen) atoms. The Morgan fingerprint density at radius 1 is 1.23 bits per heavy atom. The van der Waals surface area contributed by atoms with E-state index in [2.05, 4.69) is 55.6 Å². The van der Waals surface area contributed by atoms with Crippen molar-refractivity contribution in [2.75, 3.05) is 18.9 Å². The molecule has 0 bridgehead atoms. The van der Waals surface area contributed by atoms with E-state index < -0.39 is 0 Å². The van der Waals surface area contributed by atoms with Crippen molar-refractivity contribution in [3.8, 4) is 0 Å². The van der Waals surface area contributed by atoms with Crippen LogP contribution in [0.5, 0.6) is 0 Å². The molecule has 2 heteroatoms. The Kier molecular flexibility index (Phi) is 6.23. The topological polar surface area (TPSA) is 3.24 Å². The fraction of sp³-hybridized carbons (Fsp3) is 1.00. The molecule has 0 aliphatic carbocycles. The molecule has 0 atom stereocenters. The molecular weight excluding hydrogens is 226 g/mol. The van der Waals surface area contributed by atoms with Gasteiger partial charge in [-0.2, -0.15) is 0 Å². The highest BCUT2D eigenvalue weighted by molar-refractivity contribution is 9.09. The molecule has 0 aliphatic rings. The molecule has 0 heterocycles. The number of nitrogens with zero attached hydrogens (tertiary/aromatic N) is 1. The van der Waals surface area contributed by atoms with Crippen LogP contribution in [0.3, 0.4) is 0 Å². The Hall–Kier alpha value is 0.440. The molecular formula is C11H24BrN. The largest absolute Gasteiger partial charge is 0.303 e. The Morgan fingerprint density at radius 3 is 1.92 bits per heavy atom. The second kappa shape index (κ2) is 6.02. The van der Waals surface area contributed by atoms with Crippen molar-refractivity contribution < 1.29 is 0 Å². The molecule has 1 nitrogen and oxygen atoms in total. The summed E-state index contributed by atoms with van der Waals surface area (Å²) in [7, 11) is 2.22. The van der Waals surface area contributed by atoms with Gasteiger partial charge in [0.25, 0.3) is 0 Å². The molecule has 0 radical (unpaired) electrons. The van der Waals surface area contributed by atoms with Gasteiger partial charge in [-0.05, 0) is 39.2 Å². The van der Waals surface area contributed by atoms with Crippen molar-refractivity contribution in [3.05, 3.63) is 0 Å². The number of halogens is 1. The first-order valence-corrected chi connectivity index (χ1v) is 6.39. The molecule has 0 fully saturated rings. The van der Waals surface area contributed by atoms with Crippen LogP contribution in [0.4, 0.5) is 0 Å². The second-order valence-electron chi connectivity index (χ2n) is 4.35. The van der Waals surface area contributed by atoms with Gasteiger partial charge in [-0.25, -0.2) is 0 Å². The summed E-state index contributed by atoms with van der Waals surface area (Å²) in [4.78, 5) is 2.44. The molecule has 0 aromatic heterocycles. The lowest BCUT2D eigenvalue weighted by Crippen LogP contribution is -2.39. The van der Waals surface area contributed by atoms with Gasteiger partial charge in [-0.15, -0.1) is 0 Å². The third-order valence-electron chi connectivity index (χ3n) is 3.25. The van der Waals surface area contributed by atoms with E-state index in [4.69, 9.17) is 0 Å². The van der Waals surface area contributed by atoms with Crippen LogP contribution in [0.2, 0.25) is 0 Å². The van der Waals surface area contributed by atoms with Gasteiger partial charge in [0.05, 0.1) is 0 Å². The van der Waals surface area contributed by atoms with Gasteiger partial charge >= 0.3 is 0 Å². The van der Waals surface area contributed by atoms with Gasteiger partial charge in [0, 0.05) is 17.9 Å². The van der Waals surface area contributed by atoms with E-state index in [1.807, 2.05) is 0 Å². The van der Waals surface area contributed by atoms with Crippen molar-refractivity contribution >= 4 is 15.9 Å². The maximum Gasteiger partial charge on any atom is 0.01000 e. The number of alkyl halides is 1. The Bertz CT molecular complexity index is 122. The SMILES string of the molecule is CCC(CC)(CBr)CN(C)C(C)C. The molecule has 80 valence electrons. The highest BCUT2D eigenvalue weighted by Gasteiger charge is 2.26. The van der Waals surface area contributed by atoms with E-state index in [1.165, 1.54) is 19.4 Å². The minimum absolute atomic E-state index is 0.471. The summed E-state index contributed by atoms with van der Waals surface area (Å²) in [5.74, 6) is 0. The molecule has 0 aromatic carbocycles. The highest BCUT2D eigenvalue weighted by atomic mass is 79.9. The van der Waals surface area contributed by atoms with E-state index in [0.29, 0.717) is 11.5 Å².